The molecule has 1 saturated carbocycles. The number of carboxylic acid groups (broad SMARTS) is 1. The molecule has 0 bridgehead atoms. The van der Waals surface area contributed by atoms with E-state index in [0.717, 1.165) is 50.9 Å². The van der Waals surface area contributed by atoms with Crippen LogP contribution in [0, 0.1) is 34.5 Å². The summed E-state index contributed by atoms with van der Waals surface area (Å²) in [5.41, 5.74) is 1.08. The normalized spacial score (nSPS) is 26.3. The SMILES string of the molecule is CC(C)(/C=C(\C#N)C(=O)CCC1C[C@@H](C(=O)O)[C@H](c2ccccc2)C1)CC1CCCCOCC1. The van der Waals surface area contributed by atoms with E-state index in [1.54, 1.807) is 0 Å². The topological polar surface area (TPSA) is 87.4 Å². The molecule has 1 aromatic carbocycles. The Hall–Kier alpha value is -2.45. The summed E-state index contributed by atoms with van der Waals surface area (Å²) in [6.45, 7) is 5.85. The van der Waals surface area contributed by atoms with Gasteiger partial charge in [-0.15, -0.1) is 0 Å². The maximum Gasteiger partial charge on any atom is 0.307 e. The van der Waals surface area contributed by atoms with Crippen LogP contribution in [-0.4, -0.2) is 30.1 Å². The highest BCUT2D eigenvalue weighted by molar-refractivity contribution is 5.99. The number of Topliss-reactive ketones (excluding diaryl/α,β-unsaturated/α-hetero) is 1. The van der Waals surface area contributed by atoms with Crippen LogP contribution in [-0.2, 0) is 14.3 Å². The van der Waals surface area contributed by atoms with E-state index in [-0.39, 0.29) is 28.6 Å². The Balaban J connectivity index is 1.58. The van der Waals surface area contributed by atoms with Gasteiger partial charge in [0.25, 0.3) is 0 Å². The molecule has 184 valence electrons. The summed E-state index contributed by atoms with van der Waals surface area (Å²) < 4.78 is 5.64. The molecule has 2 unspecified atom stereocenters. The van der Waals surface area contributed by atoms with Gasteiger partial charge in [0.2, 0.25) is 0 Å². The van der Waals surface area contributed by atoms with Crippen LogP contribution in [0.15, 0.2) is 42.0 Å². The molecule has 2 aliphatic rings. The molecular formula is C29H39NO4. The van der Waals surface area contributed by atoms with E-state index < -0.39 is 11.9 Å². The van der Waals surface area contributed by atoms with Crippen LogP contribution in [0.4, 0.5) is 0 Å². The molecule has 5 heteroatoms. The molecule has 2 fully saturated rings. The van der Waals surface area contributed by atoms with Gasteiger partial charge in [0.15, 0.2) is 5.78 Å². The van der Waals surface area contributed by atoms with Gasteiger partial charge in [-0.25, -0.2) is 0 Å². The fraction of sp³-hybridized carbons (Fsp3) is 0.621. The van der Waals surface area contributed by atoms with Crippen molar-refractivity contribution < 1.29 is 19.4 Å². The highest BCUT2D eigenvalue weighted by Gasteiger charge is 2.39. The summed E-state index contributed by atoms with van der Waals surface area (Å²) in [5.74, 6) is -0.592. The van der Waals surface area contributed by atoms with Crippen LogP contribution in [0.1, 0.15) is 83.1 Å². The number of nitrogens with zero attached hydrogens (tertiary/aromatic N) is 1. The van der Waals surface area contributed by atoms with Crippen LogP contribution in [0.3, 0.4) is 0 Å². The zero-order valence-corrected chi connectivity index (χ0v) is 20.7. The Bertz CT molecular complexity index is 890. The number of nitriles is 1. The summed E-state index contributed by atoms with van der Waals surface area (Å²) in [5, 5.41) is 19.4. The molecule has 34 heavy (non-hydrogen) atoms. The average molecular weight is 466 g/mol. The number of carbonyl (C=O) groups excluding carboxylic acids is 1. The molecule has 0 aromatic heterocycles. The van der Waals surface area contributed by atoms with Crippen molar-refractivity contribution in [2.45, 2.75) is 77.6 Å². The van der Waals surface area contributed by atoms with Crippen molar-refractivity contribution in [2.24, 2.45) is 23.2 Å². The number of hydrogen-bond acceptors (Lipinski definition) is 4. The van der Waals surface area contributed by atoms with E-state index in [2.05, 4.69) is 19.9 Å². The van der Waals surface area contributed by atoms with Gasteiger partial charge in [-0.2, -0.15) is 5.26 Å². The summed E-state index contributed by atoms with van der Waals surface area (Å²) in [4.78, 5) is 24.8. The molecule has 0 spiro atoms. The van der Waals surface area contributed by atoms with Crippen molar-refractivity contribution in [2.75, 3.05) is 13.2 Å². The lowest BCUT2D eigenvalue weighted by Gasteiger charge is -2.28. The molecule has 1 aliphatic carbocycles. The zero-order valence-electron chi connectivity index (χ0n) is 20.7. The number of carbonyl (C=O) groups is 2. The number of hydrogen-bond donors (Lipinski definition) is 1. The van der Waals surface area contributed by atoms with Crippen molar-refractivity contribution in [3.63, 3.8) is 0 Å². The highest BCUT2D eigenvalue weighted by atomic mass is 16.5. The lowest BCUT2D eigenvalue weighted by molar-refractivity contribution is -0.142. The first kappa shape index (κ1) is 26.2. The van der Waals surface area contributed by atoms with Gasteiger partial charge in [0, 0.05) is 19.6 Å². The second kappa shape index (κ2) is 12.3. The molecule has 1 saturated heterocycles. The zero-order chi connectivity index (χ0) is 24.6. The molecule has 0 amide bonds. The molecule has 1 N–H and O–H groups in total. The Morgan fingerprint density at radius 1 is 1.12 bits per heavy atom. The number of rotatable bonds is 9. The molecule has 0 radical (unpaired) electrons. The van der Waals surface area contributed by atoms with Crippen LogP contribution < -0.4 is 0 Å². The van der Waals surface area contributed by atoms with E-state index in [1.807, 2.05) is 36.4 Å². The Labute approximate surface area is 204 Å². The summed E-state index contributed by atoms with van der Waals surface area (Å²) in [7, 11) is 0. The second-order valence-electron chi connectivity index (χ2n) is 10.9. The van der Waals surface area contributed by atoms with E-state index in [9.17, 15) is 20.0 Å². The molecular weight excluding hydrogens is 426 g/mol. The van der Waals surface area contributed by atoms with Crippen LogP contribution in [0.5, 0.6) is 0 Å². The number of allylic oxidation sites excluding steroid dienone is 2. The number of carboxylic acids is 1. The van der Waals surface area contributed by atoms with Crippen molar-refractivity contribution >= 4 is 11.8 Å². The quantitative estimate of drug-likeness (QED) is 0.341. The monoisotopic (exact) mass is 465 g/mol. The number of aliphatic carboxylic acids is 1. The van der Waals surface area contributed by atoms with E-state index >= 15 is 0 Å². The molecule has 3 rings (SSSR count). The van der Waals surface area contributed by atoms with Gasteiger partial charge in [0.05, 0.1) is 11.5 Å². The highest BCUT2D eigenvalue weighted by Crippen LogP contribution is 2.45. The minimum Gasteiger partial charge on any atom is -0.481 e. The fourth-order valence-corrected chi connectivity index (χ4v) is 5.90. The number of ketones is 1. The van der Waals surface area contributed by atoms with Crippen molar-refractivity contribution in [1.82, 2.24) is 0 Å². The molecule has 1 aliphatic heterocycles. The summed E-state index contributed by atoms with van der Waals surface area (Å²) in [6.07, 6.45) is 9.57. The predicted octanol–water partition coefficient (Wildman–Crippen LogP) is 6.30. The predicted molar refractivity (Wildman–Crippen MR) is 132 cm³/mol. The Morgan fingerprint density at radius 3 is 2.59 bits per heavy atom. The number of ether oxygens (including phenoxy) is 1. The molecule has 1 heterocycles. The third-order valence-electron chi connectivity index (χ3n) is 7.58. The number of benzene rings is 1. The van der Waals surface area contributed by atoms with Gasteiger partial charge < -0.3 is 9.84 Å². The van der Waals surface area contributed by atoms with Crippen LogP contribution in [0.2, 0.25) is 0 Å². The minimum absolute atomic E-state index is 0.0172. The van der Waals surface area contributed by atoms with Crippen LogP contribution in [0.25, 0.3) is 0 Å². The summed E-state index contributed by atoms with van der Waals surface area (Å²) >= 11 is 0. The Morgan fingerprint density at radius 2 is 1.88 bits per heavy atom. The minimum atomic E-state index is -0.762. The molecule has 4 atom stereocenters. The fourth-order valence-electron chi connectivity index (χ4n) is 5.90. The maximum absolute atomic E-state index is 12.9. The van der Waals surface area contributed by atoms with Crippen LogP contribution >= 0.6 is 0 Å². The van der Waals surface area contributed by atoms with Gasteiger partial charge in [-0.05, 0) is 67.3 Å². The first-order valence-electron chi connectivity index (χ1n) is 12.8. The van der Waals surface area contributed by atoms with Gasteiger partial charge in [-0.1, -0.05) is 63.1 Å². The first-order chi connectivity index (χ1) is 16.3. The molecule has 5 nitrogen and oxygen atoms in total. The average Bonchev–Trinajstić information content (AvgIpc) is 3.23. The summed E-state index contributed by atoms with van der Waals surface area (Å²) in [6, 6.07) is 12.0. The maximum atomic E-state index is 12.9. The first-order valence-corrected chi connectivity index (χ1v) is 12.8. The smallest absolute Gasteiger partial charge is 0.307 e. The van der Waals surface area contributed by atoms with Crippen molar-refractivity contribution in [3.05, 3.63) is 47.5 Å². The van der Waals surface area contributed by atoms with Crippen molar-refractivity contribution in [3.8, 4) is 6.07 Å². The van der Waals surface area contributed by atoms with E-state index in [1.165, 1.54) is 6.42 Å². The lowest BCUT2D eigenvalue weighted by Crippen LogP contribution is -2.19. The van der Waals surface area contributed by atoms with Gasteiger partial charge >= 0.3 is 5.97 Å². The lowest BCUT2D eigenvalue weighted by atomic mass is 9.78. The van der Waals surface area contributed by atoms with E-state index in [4.69, 9.17) is 4.74 Å². The van der Waals surface area contributed by atoms with E-state index in [0.29, 0.717) is 25.2 Å². The van der Waals surface area contributed by atoms with Crippen molar-refractivity contribution in [1.29, 1.82) is 5.26 Å². The Kier molecular flexibility index (Phi) is 9.47. The van der Waals surface area contributed by atoms with Gasteiger partial charge in [0.1, 0.15) is 6.07 Å². The third kappa shape index (κ3) is 7.53. The third-order valence-corrected chi connectivity index (χ3v) is 7.58. The largest absolute Gasteiger partial charge is 0.481 e. The molecule has 1 aromatic rings. The second-order valence-corrected chi connectivity index (χ2v) is 10.9. The van der Waals surface area contributed by atoms with Gasteiger partial charge in [-0.3, -0.25) is 9.59 Å². The standard InChI is InChI=1S/C29H39NO4/c1-29(2,18-21-8-6-7-14-34-15-13-21)19-24(20-30)27(31)12-11-22-16-25(26(17-22)28(32)33)23-9-4-3-5-10-23/h3-5,9-10,19,21-22,25-26H,6-8,11-18H2,1-2H3,(H,32,33)/b24-19+/t21?,22?,25-,26+/m0/s1.